The molecule has 0 saturated heterocycles. The van der Waals surface area contributed by atoms with Crippen molar-refractivity contribution in [1.82, 2.24) is 9.55 Å². The number of aryl methyl sites for hydroxylation is 2. The van der Waals surface area contributed by atoms with Crippen LogP contribution in [-0.4, -0.2) is 9.55 Å². The highest BCUT2D eigenvalue weighted by atomic mass is 15.1. The van der Waals surface area contributed by atoms with E-state index in [1.165, 1.54) is 5.56 Å². The molecule has 0 fully saturated rings. The molecule has 1 aromatic heterocycles. The normalized spacial score (nSPS) is 11.5. The van der Waals surface area contributed by atoms with Gasteiger partial charge in [-0.25, -0.2) is 4.98 Å². The summed E-state index contributed by atoms with van der Waals surface area (Å²) in [6.45, 7) is 7.56. The van der Waals surface area contributed by atoms with Crippen molar-refractivity contribution in [2.24, 2.45) is 5.92 Å². The lowest BCUT2D eigenvalue weighted by Crippen LogP contribution is -2.03. The van der Waals surface area contributed by atoms with Gasteiger partial charge in [0.15, 0.2) is 0 Å². The lowest BCUT2D eigenvalue weighted by Gasteiger charge is -2.11. The number of imidazole rings is 1. The molecule has 3 heteroatoms. The molecule has 2 aromatic carbocycles. The Morgan fingerprint density at radius 3 is 2.50 bits per heavy atom. The molecule has 0 saturated carbocycles. The summed E-state index contributed by atoms with van der Waals surface area (Å²) in [4.78, 5) is 4.83. The number of nitrogens with zero attached hydrogens (tertiary/aromatic N) is 2. The number of nitrogen functional groups attached to an aromatic ring is 1. The van der Waals surface area contributed by atoms with Crippen LogP contribution < -0.4 is 5.73 Å². The number of anilines is 1. The fourth-order valence-electron chi connectivity index (χ4n) is 2.71. The zero-order valence-corrected chi connectivity index (χ0v) is 13.5. The van der Waals surface area contributed by atoms with E-state index in [-0.39, 0.29) is 0 Å². The molecule has 3 nitrogen and oxygen atoms in total. The lowest BCUT2D eigenvalue weighted by atomic mass is 10.1. The van der Waals surface area contributed by atoms with Gasteiger partial charge < -0.3 is 10.3 Å². The summed E-state index contributed by atoms with van der Waals surface area (Å²) in [5, 5.41) is 0. The third kappa shape index (κ3) is 2.71. The molecule has 0 aliphatic heterocycles. The Morgan fingerprint density at radius 1 is 1.09 bits per heavy atom. The van der Waals surface area contributed by atoms with Crippen molar-refractivity contribution in [1.29, 1.82) is 0 Å². The molecule has 0 radical (unpaired) electrons. The van der Waals surface area contributed by atoms with Gasteiger partial charge in [0.05, 0.1) is 11.2 Å². The zero-order valence-electron chi connectivity index (χ0n) is 13.5. The monoisotopic (exact) mass is 293 g/mol. The Balaban J connectivity index is 2.16. The summed E-state index contributed by atoms with van der Waals surface area (Å²) in [5.74, 6) is 1.66. The summed E-state index contributed by atoms with van der Waals surface area (Å²) in [6, 6.07) is 14.6. The van der Waals surface area contributed by atoms with E-state index in [1.807, 2.05) is 12.1 Å². The molecule has 1 heterocycles. The van der Waals surface area contributed by atoms with Crippen LogP contribution in [-0.2, 0) is 6.54 Å². The van der Waals surface area contributed by atoms with Crippen molar-refractivity contribution in [3.63, 3.8) is 0 Å². The van der Waals surface area contributed by atoms with E-state index < -0.39 is 0 Å². The van der Waals surface area contributed by atoms with E-state index in [2.05, 4.69) is 55.7 Å². The topological polar surface area (TPSA) is 43.8 Å². The predicted octanol–water partition coefficient (Wildman–Crippen LogP) is 4.64. The first-order valence-electron chi connectivity index (χ1n) is 7.88. The van der Waals surface area contributed by atoms with Crippen LogP contribution in [0, 0.1) is 12.8 Å². The minimum atomic E-state index is 0.657. The van der Waals surface area contributed by atoms with E-state index in [0.717, 1.165) is 41.1 Å². The van der Waals surface area contributed by atoms with Gasteiger partial charge in [-0.05, 0) is 31.4 Å². The Hall–Kier alpha value is -2.29. The molecule has 0 unspecified atom stereocenters. The fraction of sp³-hybridized carbons (Fsp3) is 0.316. The number of aromatic nitrogens is 2. The first-order chi connectivity index (χ1) is 10.6. The van der Waals surface area contributed by atoms with Gasteiger partial charge in [-0.15, -0.1) is 0 Å². The molecule has 0 aliphatic rings. The summed E-state index contributed by atoms with van der Waals surface area (Å²) in [5.41, 5.74) is 11.3. The number of hydrogen-bond acceptors (Lipinski definition) is 2. The van der Waals surface area contributed by atoms with Crippen molar-refractivity contribution < 1.29 is 0 Å². The van der Waals surface area contributed by atoms with Crippen LogP contribution >= 0.6 is 0 Å². The molecular formula is C19H23N3. The molecule has 3 rings (SSSR count). The second-order valence-corrected chi connectivity index (χ2v) is 6.35. The first-order valence-corrected chi connectivity index (χ1v) is 7.88. The maximum Gasteiger partial charge on any atom is 0.141 e. The average molecular weight is 293 g/mol. The van der Waals surface area contributed by atoms with Gasteiger partial charge in [-0.2, -0.15) is 0 Å². The molecule has 2 N–H and O–H groups in total. The Bertz CT molecular complexity index is 782. The van der Waals surface area contributed by atoms with Gasteiger partial charge in [-0.3, -0.25) is 0 Å². The van der Waals surface area contributed by atoms with E-state index in [9.17, 15) is 0 Å². The van der Waals surface area contributed by atoms with Crippen LogP contribution in [0.1, 0.15) is 25.8 Å². The maximum atomic E-state index is 6.12. The van der Waals surface area contributed by atoms with Gasteiger partial charge in [0.25, 0.3) is 0 Å². The number of para-hydroxylation sites is 1. The molecular weight excluding hydrogens is 270 g/mol. The standard InChI is InChI=1S/C19H23N3/c1-13(2)11-12-22-17-6-4-5-16(20)18(17)21-19(22)15-9-7-14(3)8-10-15/h4-10,13H,11-12,20H2,1-3H3. The van der Waals surface area contributed by atoms with Crippen molar-refractivity contribution in [3.8, 4) is 11.4 Å². The molecule has 0 aliphatic carbocycles. The van der Waals surface area contributed by atoms with Gasteiger partial charge >= 0.3 is 0 Å². The third-order valence-corrected chi connectivity index (χ3v) is 4.05. The van der Waals surface area contributed by atoms with Crippen LogP contribution in [0.3, 0.4) is 0 Å². The quantitative estimate of drug-likeness (QED) is 0.712. The summed E-state index contributed by atoms with van der Waals surface area (Å²) in [6.07, 6.45) is 1.12. The molecule has 22 heavy (non-hydrogen) atoms. The number of fused-ring (bicyclic) bond motifs is 1. The van der Waals surface area contributed by atoms with E-state index in [0.29, 0.717) is 5.92 Å². The van der Waals surface area contributed by atoms with Crippen LogP contribution in [0.15, 0.2) is 42.5 Å². The van der Waals surface area contributed by atoms with Crippen LogP contribution in [0.4, 0.5) is 5.69 Å². The SMILES string of the molecule is Cc1ccc(-c2nc3c(N)cccc3n2CCC(C)C)cc1. The summed E-state index contributed by atoms with van der Waals surface area (Å²) in [7, 11) is 0. The minimum absolute atomic E-state index is 0.657. The first kappa shape index (κ1) is 14.6. The van der Waals surface area contributed by atoms with E-state index >= 15 is 0 Å². The molecule has 3 aromatic rings. The highest BCUT2D eigenvalue weighted by Gasteiger charge is 2.14. The second kappa shape index (κ2) is 5.84. The number of benzene rings is 2. The highest BCUT2D eigenvalue weighted by molar-refractivity contribution is 5.90. The minimum Gasteiger partial charge on any atom is -0.397 e. The third-order valence-electron chi connectivity index (χ3n) is 4.05. The Kier molecular flexibility index (Phi) is 3.88. The number of rotatable bonds is 4. The van der Waals surface area contributed by atoms with Crippen molar-refractivity contribution >= 4 is 16.7 Å². The smallest absolute Gasteiger partial charge is 0.141 e. The Morgan fingerprint density at radius 2 is 1.82 bits per heavy atom. The van der Waals surface area contributed by atoms with E-state index in [1.54, 1.807) is 0 Å². The largest absolute Gasteiger partial charge is 0.397 e. The molecule has 0 amide bonds. The molecule has 0 bridgehead atoms. The maximum absolute atomic E-state index is 6.12. The van der Waals surface area contributed by atoms with Gasteiger partial charge in [0, 0.05) is 12.1 Å². The Labute approximate surface area is 131 Å². The zero-order chi connectivity index (χ0) is 15.7. The van der Waals surface area contributed by atoms with E-state index in [4.69, 9.17) is 10.7 Å². The average Bonchev–Trinajstić information content (AvgIpc) is 2.86. The summed E-state index contributed by atoms with van der Waals surface area (Å²) < 4.78 is 2.30. The lowest BCUT2D eigenvalue weighted by molar-refractivity contribution is 0.525. The van der Waals surface area contributed by atoms with Crippen LogP contribution in [0.25, 0.3) is 22.4 Å². The number of hydrogen-bond donors (Lipinski definition) is 1. The van der Waals surface area contributed by atoms with Crippen molar-refractivity contribution in [3.05, 3.63) is 48.0 Å². The predicted molar refractivity (Wildman–Crippen MR) is 93.8 cm³/mol. The van der Waals surface area contributed by atoms with Gasteiger partial charge in [0.1, 0.15) is 11.3 Å². The second-order valence-electron chi connectivity index (χ2n) is 6.35. The van der Waals surface area contributed by atoms with Crippen molar-refractivity contribution in [2.45, 2.75) is 33.7 Å². The van der Waals surface area contributed by atoms with Gasteiger partial charge in [-0.1, -0.05) is 49.7 Å². The van der Waals surface area contributed by atoms with Crippen LogP contribution in [0.5, 0.6) is 0 Å². The van der Waals surface area contributed by atoms with Crippen LogP contribution in [0.2, 0.25) is 0 Å². The molecule has 114 valence electrons. The number of nitrogens with two attached hydrogens (primary N) is 1. The van der Waals surface area contributed by atoms with Gasteiger partial charge in [0.2, 0.25) is 0 Å². The highest BCUT2D eigenvalue weighted by Crippen LogP contribution is 2.28. The molecule has 0 atom stereocenters. The molecule has 0 spiro atoms. The van der Waals surface area contributed by atoms with Crippen molar-refractivity contribution in [2.75, 3.05) is 5.73 Å². The fourth-order valence-corrected chi connectivity index (χ4v) is 2.71. The summed E-state index contributed by atoms with van der Waals surface area (Å²) >= 11 is 0.